The quantitative estimate of drug-likeness (QED) is 0.602. The van der Waals surface area contributed by atoms with Gasteiger partial charge in [-0.25, -0.2) is 4.79 Å². The van der Waals surface area contributed by atoms with E-state index in [0.717, 1.165) is 0 Å². The van der Waals surface area contributed by atoms with Crippen molar-refractivity contribution in [3.8, 4) is 0 Å². The van der Waals surface area contributed by atoms with Gasteiger partial charge in [-0.3, -0.25) is 9.59 Å². The van der Waals surface area contributed by atoms with Gasteiger partial charge in [-0.15, -0.1) is 0 Å². The summed E-state index contributed by atoms with van der Waals surface area (Å²) in [7, 11) is 0. The van der Waals surface area contributed by atoms with Gasteiger partial charge in [0, 0.05) is 6.54 Å². The molecule has 1 heterocycles. The van der Waals surface area contributed by atoms with Crippen LogP contribution in [0.5, 0.6) is 0 Å². The Hall–Kier alpha value is -1.63. The third-order valence-electron chi connectivity index (χ3n) is 2.69. The highest BCUT2D eigenvalue weighted by atomic mass is 16.5. The lowest BCUT2D eigenvalue weighted by Crippen LogP contribution is -2.48. The fourth-order valence-electron chi connectivity index (χ4n) is 1.71. The van der Waals surface area contributed by atoms with E-state index in [1.165, 1.54) is 0 Å². The summed E-state index contributed by atoms with van der Waals surface area (Å²) in [5.74, 6) is -1.79. The number of aliphatic carboxylic acids is 1. The molecule has 0 aromatic heterocycles. The second-order valence-corrected chi connectivity index (χ2v) is 4.15. The molecule has 0 aliphatic carbocycles. The Morgan fingerprint density at radius 2 is 1.94 bits per heavy atom. The van der Waals surface area contributed by atoms with Crippen LogP contribution in [0.3, 0.4) is 0 Å². The number of carboxylic acid groups (broad SMARTS) is 1. The molecule has 0 bridgehead atoms. The topological polar surface area (TPSA) is 105 Å². The van der Waals surface area contributed by atoms with Gasteiger partial charge >= 0.3 is 5.97 Å². The third kappa shape index (κ3) is 3.69. The maximum Gasteiger partial charge on any atom is 0.332 e. The number of ether oxygens (including phenoxy) is 1. The predicted molar refractivity (Wildman–Crippen MR) is 61.8 cm³/mol. The molecular formula is C11H18N2O5. The van der Waals surface area contributed by atoms with E-state index < -0.39 is 30.1 Å². The van der Waals surface area contributed by atoms with Crippen molar-refractivity contribution in [2.45, 2.75) is 44.9 Å². The molecule has 3 N–H and O–H groups in total. The van der Waals surface area contributed by atoms with Crippen molar-refractivity contribution in [2.75, 3.05) is 6.54 Å². The Kier molecular flexibility index (Phi) is 5.08. The van der Waals surface area contributed by atoms with Crippen LogP contribution in [0.4, 0.5) is 0 Å². The van der Waals surface area contributed by atoms with Crippen molar-refractivity contribution in [3.63, 3.8) is 0 Å². The molecule has 18 heavy (non-hydrogen) atoms. The molecule has 1 rings (SSSR count). The van der Waals surface area contributed by atoms with Gasteiger partial charge in [-0.05, 0) is 26.7 Å². The summed E-state index contributed by atoms with van der Waals surface area (Å²) < 4.78 is 5.08. The van der Waals surface area contributed by atoms with E-state index in [4.69, 9.17) is 9.84 Å². The summed E-state index contributed by atoms with van der Waals surface area (Å²) in [5, 5.41) is 13.8. The molecule has 7 nitrogen and oxygen atoms in total. The second kappa shape index (κ2) is 6.34. The standard InChI is InChI=1S/C11H18N2O5/c1-3-12-9(14)6(2)13-10(15)7-4-5-8(18-7)11(16)17/h6-8H,3-5H2,1-2H3,(H,12,14)(H,13,15)(H,16,17)/t6?,7-,8+/m0/s1. The van der Waals surface area contributed by atoms with E-state index in [2.05, 4.69) is 10.6 Å². The monoisotopic (exact) mass is 258 g/mol. The Morgan fingerprint density at radius 1 is 1.33 bits per heavy atom. The van der Waals surface area contributed by atoms with Crippen molar-refractivity contribution >= 4 is 17.8 Å². The number of likely N-dealkylation sites (N-methyl/N-ethyl adjacent to an activating group) is 1. The average molecular weight is 258 g/mol. The Bertz CT molecular complexity index is 344. The Morgan fingerprint density at radius 3 is 2.44 bits per heavy atom. The normalized spacial score (nSPS) is 24.3. The van der Waals surface area contributed by atoms with Crippen LogP contribution in [0.2, 0.25) is 0 Å². The van der Waals surface area contributed by atoms with Gasteiger partial charge in [0.2, 0.25) is 11.8 Å². The zero-order valence-corrected chi connectivity index (χ0v) is 10.4. The molecule has 1 aliphatic rings. The third-order valence-corrected chi connectivity index (χ3v) is 2.69. The number of hydrogen-bond acceptors (Lipinski definition) is 4. The van der Waals surface area contributed by atoms with Crippen LogP contribution in [0.15, 0.2) is 0 Å². The smallest absolute Gasteiger partial charge is 0.332 e. The van der Waals surface area contributed by atoms with Crippen LogP contribution in [0.1, 0.15) is 26.7 Å². The molecule has 0 aromatic carbocycles. The summed E-state index contributed by atoms with van der Waals surface area (Å²) in [6, 6.07) is -0.662. The van der Waals surface area contributed by atoms with Crippen LogP contribution < -0.4 is 10.6 Å². The van der Waals surface area contributed by atoms with Crippen molar-refractivity contribution < 1.29 is 24.2 Å². The average Bonchev–Trinajstić information content (AvgIpc) is 2.78. The molecule has 1 unspecified atom stereocenters. The van der Waals surface area contributed by atoms with Crippen molar-refractivity contribution in [2.24, 2.45) is 0 Å². The van der Waals surface area contributed by atoms with Crippen LogP contribution in [-0.2, 0) is 19.1 Å². The first kappa shape index (κ1) is 14.4. The number of carbonyl (C=O) groups is 3. The van der Waals surface area contributed by atoms with E-state index in [-0.39, 0.29) is 5.91 Å². The predicted octanol–water partition coefficient (Wildman–Crippen LogP) is -0.741. The minimum atomic E-state index is -1.07. The minimum Gasteiger partial charge on any atom is -0.479 e. The van der Waals surface area contributed by atoms with Crippen molar-refractivity contribution in [1.29, 1.82) is 0 Å². The minimum absolute atomic E-state index is 0.279. The van der Waals surface area contributed by atoms with Gasteiger partial charge in [-0.1, -0.05) is 0 Å². The molecule has 0 radical (unpaired) electrons. The molecule has 7 heteroatoms. The van der Waals surface area contributed by atoms with Gasteiger partial charge in [0.05, 0.1) is 0 Å². The summed E-state index contributed by atoms with van der Waals surface area (Å²) in [6.07, 6.45) is -1.06. The van der Waals surface area contributed by atoms with Crippen LogP contribution in [0, 0.1) is 0 Å². The summed E-state index contributed by atoms with van der Waals surface area (Å²) >= 11 is 0. The van der Waals surface area contributed by atoms with Gasteiger partial charge in [0.25, 0.3) is 0 Å². The van der Waals surface area contributed by atoms with Gasteiger partial charge < -0.3 is 20.5 Å². The van der Waals surface area contributed by atoms with Gasteiger partial charge in [0.1, 0.15) is 12.1 Å². The largest absolute Gasteiger partial charge is 0.479 e. The van der Waals surface area contributed by atoms with E-state index in [1.807, 2.05) is 0 Å². The lowest BCUT2D eigenvalue weighted by molar-refractivity contribution is -0.152. The molecule has 1 saturated heterocycles. The SMILES string of the molecule is CCNC(=O)C(C)NC(=O)[C@@H]1CC[C@H](C(=O)O)O1. The number of nitrogens with one attached hydrogen (secondary N) is 2. The molecular weight excluding hydrogens is 240 g/mol. The fraction of sp³-hybridized carbons (Fsp3) is 0.727. The first-order chi connectivity index (χ1) is 8.45. The number of carboxylic acids is 1. The highest BCUT2D eigenvalue weighted by Gasteiger charge is 2.35. The zero-order valence-electron chi connectivity index (χ0n) is 10.4. The van der Waals surface area contributed by atoms with Crippen LogP contribution in [-0.4, -0.2) is 47.7 Å². The number of hydrogen-bond donors (Lipinski definition) is 3. The van der Waals surface area contributed by atoms with Crippen LogP contribution in [0.25, 0.3) is 0 Å². The first-order valence-corrected chi connectivity index (χ1v) is 5.92. The van der Waals surface area contributed by atoms with Crippen LogP contribution >= 0.6 is 0 Å². The summed E-state index contributed by atoms with van der Waals surface area (Å²) in [5.41, 5.74) is 0. The molecule has 0 aromatic rings. The van der Waals surface area contributed by atoms with Crippen molar-refractivity contribution in [3.05, 3.63) is 0 Å². The molecule has 3 atom stereocenters. The summed E-state index contributed by atoms with van der Waals surface area (Å²) in [6.45, 7) is 3.83. The lowest BCUT2D eigenvalue weighted by Gasteiger charge is -2.16. The molecule has 1 fully saturated rings. The van der Waals surface area contributed by atoms with Crippen molar-refractivity contribution in [1.82, 2.24) is 10.6 Å². The molecule has 2 amide bonds. The second-order valence-electron chi connectivity index (χ2n) is 4.15. The molecule has 102 valence electrons. The highest BCUT2D eigenvalue weighted by molar-refractivity contribution is 5.89. The molecule has 1 aliphatic heterocycles. The van der Waals surface area contributed by atoms with E-state index >= 15 is 0 Å². The van der Waals surface area contributed by atoms with E-state index in [1.54, 1.807) is 13.8 Å². The summed E-state index contributed by atoms with van der Waals surface area (Å²) in [4.78, 5) is 33.8. The number of carbonyl (C=O) groups excluding carboxylic acids is 2. The molecule has 0 spiro atoms. The first-order valence-electron chi connectivity index (χ1n) is 5.92. The molecule has 0 saturated carbocycles. The van der Waals surface area contributed by atoms with Gasteiger partial charge in [-0.2, -0.15) is 0 Å². The maximum atomic E-state index is 11.7. The zero-order chi connectivity index (χ0) is 13.7. The Labute approximate surface area is 105 Å². The van der Waals surface area contributed by atoms with Gasteiger partial charge in [0.15, 0.2) is 6.10 Å². The maximum absolute atomic E-state index is 11.7. The Balaban J connectivity index is 2.42. The van der Waals surface area contributed by atoms with E-state index in [0.29, 0.717) is 19.4 Å². The van der Waals surface area contributed by atoms with E-state index in [9.17, 15) is 14.4 Å². The highest BCUT2D eigenvalue weighted by Crippen LogP contribution is 2.19. The number of rotatable bonds is 5. The number of amides is 2. The lowest BCUT2D eigenvalue weighted by atomic mass is 10.2. The fourth-order valence-corrected chi connectivity index (χ4v) is 1.71.